The van der Waals surface area contributed by atoms with Gasteiger partial charge in [0.1, 0.15) is 18.1 Å². The second-order valence-electron chi connectivity index (χ2n) is 7.30. The Balaban J connectivity index is 1.44. The maximum Gasteiger partial charge on any atom is 0.236 e. The summed E-state index contributed by atoms with van der Waals surface area (Å²) in [5.74, 6) is 1.24. The average molecular weight is 396 g/mol. The van der Waals surface area contributed by atoms with Gasteiger partial charge in [0, 0.05) is 38.4 Å². The minimum Gasteiger partial charge on any atom is -0.508 e. The van der Waals surface area contributed by atoms with Crippen molar-refractivity contribution in [2.45, 2.75) is 6.54 Å². The molecule has 6 heteroatoms. The lowest BCUT2D eigenvalue weighted by molar-refractivity contribution is -0.132. The van der Waals surface area contributed by atoms with E-state index >= 15 is 0 Å². The van der Waals surface area contributed by atoms with Crippen LogP contribution in [-0.4, -0.2) is 67.2 Å². The van der Waals surface area contributed by atoms with Crippen LogP contribution in [0.4, 0.5) is 5.69 Å². The molecule has 1 saturated heterocycles. The van der Waals surface area contributed by atoms with Crippen molar-refractivity contribution in [2.75, 3.05) is 51.3 Å². The van der Waals surface area contributed by atoms with Crippen molar-refractivity contribution in [1.82, 2.24) is 9.80 Å². The van der Waals surface area contributed by atoms with Gasteiger partial charge in [0.05, 0.1) is 6.54 Å². The van der Waals surface area contributed by atoms with Gasteiger partial charge < -0.3 is 19.6 Å². The number of nitrogens with zero attached hydrogens (tertiary/aromatic N) is 3. The number of hydrogen-bond acceptors (Lipinski definition) is 5. The predicted octanol–water partition coefficient (Wildman–Crippen LogP) is 2.74. The van der Waals surface area contributed by atoms with Crippen LogP contribution in [0.1, 0.15) is 5.56 Å². The number of carbonyl (C=O) groups is 1. The first-order valence-electron chi connectivity index (χ1n) is 9.88. The number of hydrogen-bond donors (Lipinski definition) is 1. The summed E-state index contributed by atoms with van der Waals surface area (Å²) >= 11 is 0. The van der Waals surface area contributed by atoms with Gasteiger partial charge in [0.2, 0.25) is 5.91 Å². The molecule has 2 aromatic rings. The van der Waals surface area contributed by atoms with Gasteiger partial charge in [-0.3, -0.25) is 9.69 Å². The molecule has 154 valence electrons. The molecular formula is C23H29N3O3. The van der Waals surface area contributed by atoms with Crippen molar-refractivity contribution in [3.05, 3.63) is 66.7 Å². The molecule has 0 radical (unpaired) electrons. The largest absolute Gasteiger partial charge is 0.508 e. The van der Waals surface area contributed by atoms with Gasteiger partial charge in [-0.05, 0) is 49.0 Å². The Morgan fingerprint density at radius 3 is 2.38 bits per heavy atom. The summed E-state index contributed by atoms with van der Waals surface area (Å²) in [7, 11) is 1.96. The van der Waals surface area contributed by atoms with E-state index in [1.54, 1.807) is 18.2 Å². The van der Waals surface area contributed by atoms with Crippen molar-refractivity contribution >= 4 is 11.6 Å². The lowest BCUT2D eigenvalue weighted by atomic mass is 10.2. The molecule has 1 amide bonds. The molecule has 29 heavy (non-hydrogen) atoms. The van der Waals surface area contributed by atoms with E-state index in [-0.39, 0.29) is 11.7 Å². The smallest absolute Gasteiger partial charge is 0.236 e. The van der Waals surface area contributed by atoms with Gasteiger partial charge in [-0.1, -0.05) is 24.8 Å². The molecule has 0 spiro atoms. The van der Waals surface area contributed by atoms with E-state index in [1.165, 1.54) is 0 Å². The third-order valence-corrected chi connectivity index (χ3v) is 5.00. The van der Waals surface area contributed by atoms with Crippen LogP contribution in [0.25, 0.3) is 0 Å². The molecule has 1 aliphatic rings. The van der Waals surface area contributed by atoms with Gasteiger partial charge in [-0.15, -0.1) is 0 Å². The maximum atomic E-state index is 12.7. The number of likely N-dealkylation sites (N-methyl/N-ethyl adjacent to an activating group) is 1. The first kappa shape index (κ1) is 20.7. The quantitative estimate of drug-likeness (QED) is 0.697. The maximum absolute atomic E-state index is 12.7. The normalized spacial score (nSPS) is 14.1. The number of benzene rings is 2. The molecule has 0 aliphatic carbocycles. The minimum absolute atomic E-state index is 0.156. The molecule has 0 bridgehead atoms. The highest BCUT2D eigenvalue weighted by atomic mass is 16.5. The summed E-state index contributed by atoms with van der Waals surface area (Å²) in [4.78, 5) is 18.9. The number of aromatic hydroxyl groups is 1. The van der Waals surface area contributed by atoms with Crippen LogP contribution in [0.3, 0.4) is 0 Å². The number of rotatable bonds is 8. The van der Waals surface area contributed by atoms with Crippen LogP contribution in [0.2, 0.25) is 0 Å². The van der Waals surface area contributed by atoms with Crippen molar-refractivity contribution < 1.29 is 14.6 Å². The first-order chi connectivity index (χ1) is 14.0. The Kier molecular flexibility index (Phi) is 7.14. The van der Waals surface area contributed by atoms with Crippen LogP contribution < -0.4 is 9.64 Å². The molecular weight excluding hydrogens is 366 g/mol. The van der Waals surface area contributed by atoms with E-state index in [0.717, 1.165) is 30.1 Å². The van der Waals surface area contributed by atoms with Gasteiger partial charge >= 0.3 is 0 Å². The van der Waals surface area contributed by atoms with Gasteiger partial charge in [-0.2, -0.15) is 0 Å². The molecule has 1 N–H and O–H groups in total. The van der Waals surface area contributed by atoms with Crippen molar-refractivity contribution in [2.24, 2.45) is 0 Å². The van der Waals surface area contributed by atoms with E-state index in [2.05, 4.69) is 11.5 Å². The Morgan fingerprint density at radius 2 is 1.76 bits per heavy atom. The number of phenols is 1. The van der Waals surface area contributed by atoms with Crippen LogP contribution in [-0.2, 0) is 11.3 Å². The number of ether oxygens (including phenoxy) is 1. The minimum atomic E-state index is 0.156. The second kappa shape index (κ2) is 9.98. The molecule has 6 nitrogen and oxygen atoms in total. The van der Waals surface area contributed by atoms with Crippen molar-refractivity contribution in [3.63, 3.8) is 0 Å². The highest BCUT2D eigenvalue weighted by molar-refractivity contribution is 5.78. The summed E-state index contributed by atoms with van der Waals surface area (Å²) in [5.41, 5.74) is 2.22. The van der Waals surface area contributed by atoms with Gasteiger partial charge in [0.15, 0.2) is 0 Å². The molecule has 0 atom stereocenters. The summed E-state index contributed by atoms with van der Waals surface area (Å²) in [6, 6.07) is 15.1. The Hall–Kier alpha value is -2.99. The summed E-state index contributed by atoms with van der Waals surface area (Å²) in [6.45, 7) is 8.26. The molecule has 2 aromatic carbocycles. The van der Waals surface area contributed by atoms with Crippen molar-refractivity contribution in [3.8, 4) is 11.5 Å². The molecule has 0 aromatic heterocycles. The van der Waals surface area contributed by atoms with Crippen LogP contribution >= 0.6 is 0 Å². The Morgan fingerprint density at radius 1 is 1.10 bits per heavy atom. The van der Waals surface area contributed by atoms with E-state index < -0.39 is 0 Å². The molecule has 1 heterocycles. The fourth-order valence-electron chi connectivity index (χ4n) is 3.42. The topological polar surface area (TPSA) is 56.2 Å². The number of amides is 1. The monoisotopic (exact) mass is 395 g/mol. The lowest BCUT2D eigenvalue weighted by Gasteiger charge is -2.36. The predicted molar refractivity (Wildman–Crippen MR) is 115 cm³/mol. The van der Waals surface area contributed by atoms with Gasteiger partial charge in [0.25, 0.3) is 0 Å². The van der Waals surface area contributed by atoms with Crippen LogP contribution in [0.15, 0.2) is 61.2 Å². The second-order valence-corrected chi connectivity index (χ2v) is 7.30. The Labute approximate surface area is 172 Å². The Bertz CT molecular complexity index is 797. The summed E-state index contributed by atoms with van der Waals surface area (Å²) < 4.78 is 5.50. The average Bonchev–Trinajstić information content (AvgIpc) is 2.74. The molecule has 3 rings (SSSR count). The van der Waals surface area contributed by atoms with E-state index in [1.807, 2.05) is 53.2 Å². The van der Waals surface area contributed by atoms with E-state index in [0.29, 0.717) is 32.8 Å². The fourth-order valence-corrected chi connectivity index (χ4v) is 3.42. The zero-order valence-corrected chi connectivity index (χ0v) is 17.0. The molecule has 1 fully saturated rings. The highest BCUT2D eigenvalue weighted by Crippen LogP contribution is 2.20. The van der Waals surface area contributed by atoms with Crippen LogP contribution in [0, 0.1) is 0 Å². The molecule has 0 saturated carbocycles. The SMILES string of the molecule is C=CCOc1ccc(CN(C)CC(=O)N2CCN(c3ccc(O)cc3)CC2)cc1. The number of anilines is 1. The fraction of sp³-hybridized carbons (Fsp3) is 0.348. The molecule has 0 unspecified atom stereocenters. The molecule has 1 aliphatic heterocycles. The van der Waals surface area contributed by atoms with Crippen LogP contribution in [0.5, 0.6) is 11.5 Å². The standard InChI is InChI=1S/C23H29N3O3/c1-3-16-29-22-10-4-19(5-11-22)17-24(2)18-23(28)26-14-12-25(13-15-26)20-6-8-21(27)9-7-20/h3-11,27H,1,12-18H2,2H3. The first-order valence-corrected chi connectivity index (χ1v) is 9.88. The van der Waals surface area contributed by atoms with E-state index in [4.69, 9.17) is 4.74 Å². The third-order valence-electron chi connectivity index (χ3n) is 5.00. The van der Waals surface area contributed by atoms with E-state index in [9.17, 15) is 9.90 Å². The third kappa shape index (κ3) is 5.99. The highest BCUT2D eigenvalue weighted by Gasteiger charge is 2.22. The zero-order chi connectivity index (χ0) is 20.6. The number of carbonyl (C=O) groups excluding carboxylic acids is 1. The van der Waals surface area contributed by atoms with Gasteiger partial charge in [-0.25, -0.2) is 0 Å². The number of phenolic OH excluding ortho intramolecular Hbond substituents is 1. The lowest BCUT2D eigenvalue weighted by Crippen LogP contribution is -2.51. The number of piperazine rings is 1. The zero-order valence-electron chi connectivity index (χ0n) is 17.0. The van der Waals surface area contributed by atoms with Crippen molar-refractivity contribution in [1.29, 1.82) is 0 Å². The summed E-state index contributed by atoms with van der Waals surface area (Å²) in [6.07, 6.45) is 1.72. The summed E-state index contributed by atoms with van der Waals surface area (Å²) in [5, 5.41) is 9.42.